The molecule has 0 bridgehead atoms. The summed E-state index contributed by atoms with van der Waals surface area (Å²) in [5.74, 6) is 0. The summed E-state index contributed by atoms with van der Waals surface area (Å²) in [7, 11) is 0. The van der Waals surface area contributed by atoms with Crippen molar-refractivity contribution >= 4 is 11.7 Å². The van der Waals surface area contributed by atoms with Gasteiger partial charge in [-0.1, -0.05) is 18.2 Å². The molecule has 22 heavy (non-hydrogen) atoms. The van der Waals surface area contributed by atoms with Gasteiger partial charge in [-0.3, -0.25) is 0 Å². The monoisotopic (exact) mass is 299 g/mol. The highest BCUT2D eigenvalue weighted by molar-refractivity contribution is 5.74. The summed E-state index contributed by atoms with van der Waals surface area (Å²) >= 11 is 0. The molecule has 2 aromatic rings. The molecule has 0 saturated carbocycles. The topological polar surface area (TPSA) is 62.2 Å². The molecule has 6 nitrogen and oxygen atoms in total. The normalized spacial score (nSPS) is 17.5. The maximum Gasteiger partial charge on any atom is 0.315 e. The van der Waals surface area contributed by atoms with Gasteiger partial charge in [0.05, 0.1) is 6.33 Å². The smallest absolute Gasteiger partial charge is 0.315 e. The Morgan fingerprint density at radius 3 is 2.95 bits per heavy atom. The fourth-order valence-electron chi connectivity index (χ4n) is 2.71. The van der Waals surface area contributed by atoms with E-state index in [-0.39, 0.29) is 12.1 Å². The standard InChI is InChI=1S/C16H21N5O/c22-16(18-8-11-20-10-7-17-13-20)19-14-6-9-21(12-14)15-4-2-1-3-5-15/h1-5,7,10,13-14H,6,8-9,11-12H2,(H2,18,19,22)/t14-/m0/s1. The largest absolute Gasteiger partial charge is 0.369 e. The first kappa shape index (κ1) is 14.4. The van der Waals surface area contributed by atoms with Crippen LogP contribution < -0.4 is 15.5 Å². The molecule has 1 fully saturated rings. The Bertz CT molecular complexity index is 584. The lowest BCUT2D eigenvalue weighted by Gasteiger charge is -2.19. The van der Waals surface area contributed by atoms with E-state index in [2.05, 4.69) is 32.7 Å². The first-order chi connectivity index (χ1) is 10.8. The first-order valence-electron chi connectivity index (χ1n) is 7.61. The molecule has 1 saturated heterocycles. The number of urea groups is 1. The number of nitrogens with one attached hydrogen (secondary N) is 2. The van der Waals surface area contributed by atoms with E-state index in [0.29, 0.717) is 6.54 Å². The van der Waals surface area contributed by atoms with Crippen molar-refractivity contribution in [2.45, 2.75) is 19.0 Å². The van der Waals surface area contributed by atoms with Gasteiger partial charge in [0.15, 0.2) is 0 Å². The fourth-order valence-corrected chi connectivity index (χ4v) is 2.71. The van der Waals surface area contributed by atoms with Crippen molar-refractivity contribution in [2.75, 3.05) is 24.5 Å². The summed E-state index contributed by atoms with van der Waals surface area (Å²) in [6, 6.07) is 10.4. The van der Waals surface area contributed by atoms with Crippen LogP contribution in [0, 0.1) is 0 Å². The van der Waals surface area contributed by atoms with Gasteiger partial charge in [0.2, 0.25) is 0 Å². The van der Waals surface area contributed by atoms with E-state index >= 15 is 0 Å². The van der Waals surface area contributed by atoms with Gasteiger partial charge < -0.3 is 20.1 Å². The highest BCUT2D eigenvalue weighted by atomic mass is 16.2. The summed E-state index contributed by atoms with van der Waals surface area (Å²) in [6.45, 7) is 3.16. The van der Waals surface area contributed by atoms with Gasteiger partial charge in [0, 0.05) is 50.3 Å². The number of imidazole rings is 1. The lowest BCUT2D eigenvalue weighted by Crippen LogP contribution is -2.44. The van der Waals surface area contributed by atoms with E-state index in [1.165, 1.54) is 5.69 Å². The molecule has 0 radical (unpaired) electrons. The van der Waals surface area contributed by atoms with Gasteiger partial charge in [0.1, 0.15) is 0 Å². The minimum Gasteiger partial charge on any atom is -0.369 e. The van der Waals surface area contributed by atoms with E-state index in [4.69, 9.17) is 0 Å². The van der Waals surface area contributed by atoms with Gasteiger partial charge >= 0.3 is 6.03 Å². The van der Waals surface area contributed by atoms with E-state index in [0.717, 1.165) is 26.1 Å². The lowest BCUT2D eigenvalue weighted by atomic mass is 10.3. The second-order valence-corrected chi connectivity index (χ2v) is 5.47. The minimum absolute atomic E-state index is 0.0972. The van der Waals surface area contributed by atoms with Gasteiger partial charge in [-0.25, -0.2) is 9.78 Å². The third-order valence-electron chi connectivity index (χ3n) is 3.86. The van der Waals surface area contributed by atoms with Crippen LogP contribution in [0.25, 0.3) is 0 Å². The zero-order chi connectivity index (χ0) is 15.2. The number of carbonyl (C=O) groups excluding carboxylic acids is 1. The number of para-hydroxylation sites is 1. The van der Waals surface area contributed by atoms with Crippen LogP contribution in [-0.2, 0) is 6.54 Å². The van der Waals surface area contributed by atoms with Crippen LogP contribution in [0.1, 0.15) is 6.42 Å². The van der Waals surface area contributed by atoms with Gasteiger partial charge in [-0.15, -0.1) is 0 Å². The Hall–Kier alpha value is -2.50. The summed E-state index contributed by atoms with van der Waals surface area (Å²) in [6.07, 6.45) is 6.34. The average Bonchev–Trinajstić information content (AvgIpc) is 3.20. The Balaban J connectivity index is 1.39. The molecular formula is C16H21N5O. The highest BCUT2D eigenvalue weighted by Crippen LogP contribution is 2.19. The first-order valence-corrected chi connectivity index (χ1v) is 7.61. The number of rotatable bonds is 5. The molecule has 0 aliphatic carbocycles. The van der Waals surface area contributed by atoms with E-state index in [1.807, 2.05) is 29.0 Å². The van der Waals surface area contributed by atoms with Crippen molar-refractivity contribution in [3.63, 3.8) is 0 Å². The molecule has 0 spiro atoms. The molecule has 2 N–H and O–H groups in total. The van der Waals surface area contributed by atoms with Crippen LogP contribution in [0.2, 0.25) is 0 Å². The second-order valence-electron chi connectivity index (χ2n) is 5.47. The molecular weight excluding hydrogens is 278 g/mol. The Kier molecular flexibility index (Phi) is 4.58. The molecule has 3 rings (SSSR count). The summed E-state index contributed by atoms with van der Waals surface area (Å²) in [5, 5.41) is 5.93. The maximum atomic E-state index is 11.9. The van der Waals surface area contributed by atoms with Crippen molar-refractivity contribution in [2.24, 2.45) is 0 Å². The highest BCUT2D eigenvalue weighted by Gasteiger charge is 2.23. The predicted molar refractivity (Wildman–Crippen MR) is 85.8 cm³/mol. The summed E-state index contributed by atoms with van der Waals surface area (Å²) in [5.41, 5.74) is 1.22. The van der Waals surface area contributed by atoms with Crippen molar-refractivity contribution in [3.05, 3.63) is 49.1 Å². The Morgan fingerprint density at radius 2 is 2.18 bits per heavy atom. The van der Waals surface area contributed by atoms with Crippen LogP contribution >= 0.6 is 0 Å². The van der Waals surface area contributed by atoms with Crippen molar-refractivity contribution in [1.29, 1.82) is 0 Å². The van der Waals surface area contributed by atoms with Crippen molar-refractivity contribution in [1.82, 2.24) is 20.2 Å². The quantitative estimate of drug-likeness (QED) is 0.878. The van der Waals surface area contributed by atoms with Crippen molar-refractivity contribution < 1.29 is 4.79 Å². The maximum absolute atomic E-state index is 11.9. The van der Waals surface area contributed by atoms with Crippen LogP contribution in [0.3, 0.4) is 0 Å². The van der Waals surface area contributed by atoms with E-state index in [9.17, 15) is 4.79 Å². The zero-order valence-electron chi connectivity index (χ0n) is 12.5. The van der Waals surface area contributed by atoms with Crippen LogP contribution in [0.4, 0.5) is 10.5 Å². The fraction of sp³-hybridized carbons (Fsp3) is 0.375. The van der Waals surface area contributed by atoms with Crippen LogP contribution in [0.5, 0.6) is 0 Å². The number of hydrogen-bond acceptors (Lipinski definition) is 3. The number of hydrogen-bond donors (Lipinski definition) is 2. The SMILES string of the molecule is O=C(NCCn1ccnc1)N[C@H]1CCN(c2ccccc2)C1. The Morgan fingerprint density at radius 1 is 1.32 bits per heavy atom. The lowest BCUT2D eigenvalue weighted by molar-refractivity contribution is 0.237. The third kappa shape index (κ3) is 3.78. The van der Waals surface area contributed by atoms with Crippen LogP contribution in [0.15, 0.2) is 49.1 Å². The molecule has 2 heterocycles. The number of aromatic nitrogens is 2. The van der Waals surface area contributed by atoms with Gasteiger partial charge in [-0.2, -0.15) is 0 Å². The summed E-state index contributed by atoms with van der Waals surface area (Å²) < 4.78 is 1.94. The predicted octanol–water partition coefficient (Wildman–Crippen LogP) is 1.46. The number of carbonyl (C=O) groups is 1. The molecule has 0 unspecified atom stereocenters. The van der Waals surface area contributed by atoms with Crippen LogP contribution in [-0.4, -0.2) is 41.3 Å². The Labute approximate surface area is 130 Å². The third-order valence-corrected chi connectivity index (χ3v) is 3.86. The molecule has 116 valence electrons. The second kappa shape index (κ2) is 6.98. The molecule has 1 aromatic heterocycles. The van der Waals surface area contributed by atoms with Gasteiger partial charge in [0.25, 0.3) is 0 Å². The number of anilines is 1. The molecule has 6 heteroatoms. The number of benzene rings is 1. The number of nitrogens with zero attached hydrogens (tertiary/aromatic N) is 3. The zero-order valence-corrected chi connectivity index (χ0v) is 12.5. The molecule has 1 aliphatic rings. The molecule has 2 amide bonds. The molecule has 1 aliphatic heterocycles. The van der Waals surface area contributed by atoms with E-state index < -0.39 is 0 Å². The molecule has 1 aromatic carbocycles. The molecule has 1 atom stereocenters. The number of amides is 2. The van der Waals surface area contributed by atoms with Gasteiger partial charge in [-0.05, 0) is 18.6 Å². The summed E-state index contributed by atoms with van der Waals surface area (Å²) in [4.78, 5) is 18.2. The van der Waals surface area contributed by atoms with E-state index in [1.54, 1.807) is 12.5 Å². The average molecular weight is 299 g/mol. The van der Waals surface area contributed by atoms with Crippen molar-refractivity contribution in [3.8, 4) is 0 Å². The minimum atomic E-state index is -0.0972.